The van der Waals surface area contributed by atoms with Gasteiger partial charge in [-0.1, -0.05) is 6.07 Å². The van der Waals surface area contributed by atoms with Gasteiger partial charge in [0.15, 0.2) is 0 Å². The smallest absolute Gasteiger partial charge is 0.410 e. The lowest BCUT2D eigenvalue weighted by Crippen LogP contribution is -2.36. The zero-order valence-corrected chi connectivity index (χ0v) is 13.3. The lowest BCUT2D eigenvalue weighted by Gasteiger charge is -2.24. The third kappa shape index (κ3) is 4.34. The highest BCUT2D eigenvalue weighted by atomic mass is 19.1. The molecule has 0 radical (unpaired) electrons. The maximum absolute atomic E-state index is 13.7. The Kier molecular flexibility index (Phi) is 4.90. The van der Waals surface area contributed by atoms with E-state index in [-0.39, 0.29) is 24.6 Å². The first-order valence-corrected chi connectivity index (χ1v) is 7.41. The van der Waals surface area contributed by atoms with Gasteiger partial charge in [-0.05, 0) is 26.8 Å². The number of amides is 1. The van der Waals surface area contributed by atoms with Crippen LogP contribution >= 0.6 is 0 Å². The summed E-state index contributed by atoms with van der Waals surface area (Å²) < 4.78 is 24.7. The molecule has 22 heavy (non-hydrogen) atoms. The van der Waals surface area contributed by atoms with Crippen molar-refractivity contribution in [3.05, 3.63) is 29.6 Å². The van der Waals surface area contributed by atoms with Crippen LogP contribution in [0.3, 0.4) is 0 Å². The zero-order valence-electron chi connectivity index (χ0n) is 13.3. The fraction of sp³-hybridized carbons (Fsp3) is 0.562. The minimum absolute atomic E-state index is 0.155. The van der Waals surface area contributed by atoms with Crippen molar-refractivity contribution in [2.75, 3.05) is 13.1 Å². The Labute approximate surface area is 130 Å². The van der Waals surface area contributed by atoms with E-state index in [4.69, 9.17) is 15.2 Å². The topological polar surface area (TPSA) is 64.8 Å². The van der Waals surface area contributed by atoms with E-state index in [0.29, 0.717) is 30.8 Å². The van der Waals surface area contributed by atoms with Gasteiger partial charge in [-0.25, -0.2) is 9.18 Å². The molecule has 0 spiro atoms. The predicted octanol–water partition coefficient (Wildman–Crippen LogP) is 2.67. The fourth-order valence-corrected chi connectivity index (χ4v) is 2.28. The van der Waals surface area contributed by atoms with E-state index in [1.165, 1.54) is 6.07 Å². The van der Waals surface area contributed by atoms with E-state index in [9.17, 15) is 9.18 Å². The van der Waals surface area contributed by atoms with Gasteiger partial charge in [0.25, 0.3) is 0 Å². The molecule has 0 aliphatic carbocycles. The third-order valence-corrected chi connectivity index (χ3v) is 3.34. The summed E-state index contributed by atoms with van der Waals surface area (Å²) >= 11 is 0. The van der Waals surface area contributed by atoms with Crippen molar-refractivity contribution in [1.29, 1.82) is 0 Å². The van der Waals surface area contributed by atoms with Crippen LogP contribution in [-0.2, 0) is 11.3 Å². The van der Waals surface area contributed by atoms with Crippen LogP contribution in [0.15, 0.2) is 18.2 Å². The maximum atomic E-state index is 13.7. The minimum atomic E-state index is -0.517. The van der Waals surface area contributed by atoms with Crippen LogP contribution in [0.1, 0.15) is 32.8 Å². The van der Waals surface area contributed by atoms with E-state index in [1.807, 2.05) is 20.8 Å². The van der Waals surface area contributed by atoms with E-state index in [2.05, 4.69) is 0 Å². The SMILES string of the molecule is CC(C)(C)OC(=O)N1CC[C@H](Oc2ccc(CN)c(F)c2)C1. The van der Waals surface area contributed by atoms with Gasteiger partial charge in [-0.3, -0.25) is 0 Å². The standard InChI is InChI=1S/C16H23FN2O3/c1-16(2,3)22-15(20)19-7-6-13(10-19)21-12-5-4-11(9-18)14(17)8-12/h4-5,8,13H,6-7,9-10,18H2,1-3H3/t13-/m0/s1. The number of carbonyl (C=O) groups is 1. The molecule has 5 nitrogen and oxygen atoms in total. The van der Waals surface area contributed by atoms with Crippen LogP contribution in [0.4, 0.5) is 9.18 Å². The quantitative estimate of drug-likeness (QED) is 0.932. The van der Waals surface area contributed by atoms with Crippen molar-refractivity contribution in [1.82, 2.24) is 4.90 Å². The first-order chi connectivity index (χ1) is 10.3. The van der Waals surface area contributed by atoms with Crippen LogP contribution in [-0.4, -0.2) is 35.8 Å². The molecule has 1 aromatic rings. The third-order valence-electron chi connectivity index (χ3n) is 3.34. The number of nitrogens with two attached hydrogens (primary N) is 1. The van der Waals surface area contributed by atoms with Gasteiger partial charge >= 0.3 is 6.09 Å². The summed E-state index contributed by atoms with van der Waals surface area (Å²) in [5.41, 5.74) is 5.36. The molecule has 1 amide bonds. The Bertz CT molecular complexity index is 543. The first kappa shape index (κ1) is 16.5. The second-order valence-corrected chi connectivity index (χ2v) is 6.41. The summed E-state index contributed by atoms with van der Waals surface area (Å²) in [6.45, 7) is 6.66. The second kappa shape index (κ2) is 6.52. The number of halogens is 1. The highest BCUT2D eigenvalue weighted by molar-refractivity contribution is 5.68. The first-order valence-electron chi connectivity index (χ1n) is 7.41. The molecule has 1 aromatic carbocycles. The molecule has 1 heterocycles. The molecule has 1 fully saturated rings. The predicted molar refractivity (Wildman–Crippen MR) is 81.1 cm³/mol. The van der Waals surface area contributed by atoms with E-state index >= 15 is 0 Å². The van der Waals surface area contributed by atoms with Gasteiger partial charge in [0, 0.05) is 31.1 Å². The highest BCUT2D eigenvalue weighted by Crippen LogP contribution is 2.22. The average molecular weight is 310 g/mol. The number of hydrogen-bond donors (Lipinski definition) is 1. The molecule has 0 aromatic heterocycles. The molecule has 122 valence electrons. The maximum Gasteiger partial charge on any atom is 0.410 e. The van der Waals surface area contributed by atoms with Gasteiger partial charge in [0.1, 0.15) is 23.3 Å². The fourth-order valence-electron chi connectivity index (χ4n) is 2.28. The zero-order chi connectivity index (χ0) is 16.3. The van der Waals surface area contributed by atoms with Crippen LogP contribution in [0.2, 0.25) is 0 Å². The lowest BCUT2D eigenvalue weighted by atomic mass is 10.2. The molecule has 0 unspecified atom stereocenters. The molecular weight excluding hydrogens is 287 g/mol. The Morgan fingerprint density at radius 3 is 2.77 bits per heavy atom. The highest BCUT2D eigenvalue weighted by Gasteiger charge is 2.30. The molecule has 0 saturated carbocycles. The normalized spacial score (nSPS) is 18.4. The summed E-state index contributed by atoms with van der Waals surface area (Å²) in [7, 11) is 0. The molecule has 1 saturated heterocycles. The number of nitrogens with zero attached hydrogens (tertiary/aromatic N) is 1. The van der Waals surface area contributed by atoms with Crippen LogP contribution < -0.4 is 10.5 Å². The Morgan fingerprint density at radius 2 is 2.18 bits per heavy atom. The molecule has 1 atom stereocenters. The molecule has 2 rings (SSSR count). The summed E-state index contributed by atoms with van der Waals surface area (Å²) in [5, 5.41) is 0. The van der Waals surface area contributed by atoms with E-state index < -0.39 is 5.60 Å². The number of hydrogen-bond acceptors (Lipinski definition) is 4. The molecule has 6 heteroatoms. The molecule has 2 N–H and O–H groups in total. The number of rotatable bonds is 3. The largest absolute Gasteiger partial charge is 0.488 e. The van der Waals surface area contributed by atoms with Crippen molar-refractivity contribution in [2.24, 2.45) is 5.73 Å². The van der Waals surface area contributed by atoms with E-state index in [1.54, 1.807) is 17.0 Å². The van der Waals surface area contributed by atoms with Crippen molar-refractivity contribution in [2.45, 2.75) is 45.4 Å². The van der Waals surface area contributed by atoms with Gasteiger partial charge in [0.2, 0.25) is 0 Å². The minimum Gasteiger partial charge on any atom is -0.488 e. The van der Waals surface area contributed by atoms with Gasteiger partial charge in [-0.15, -0.1) is 0 Å². The van der Waals surface area contributed by atoms with Crippen LogP contribution in [0.5, 0.6) is 5.75 Å². The van der Waals surface area contributed by atoms with Crippen LogP contribution in [0, 0.1) is 5.82 Å². The van der Waals surface area contributed by atoms with Crippen molar-refractivity contribution in [3.8, 4) is 5.75 Å². The molecular formula is C16H23FN2O3. The molecule has 1 aliphatic heterocycles. The van der Waals surface area contributed by atoms with Gasteiger partial charge in [0.05, 0.1) is 6.54 Å². The van der Waals surface area contributed by atoms with Gasteiger partial charge in [-0.2, -0.15) is 0 Å². The number of benzene rings is 1. The van der Waals surface area contributed by atoms with Crippen LogP contribution in [0.25, 0.3) is 0 Å². The lowest BCUT2D eigenvalue weighted by molar-refractivity contribution is 0.0275. The Morgan fingerprint density at radius 1 is 1.45 bits per heavy atom. The summed E-state index contributed by atoms with van der Waals surface area (Å²) in [4.78, 5) is 13.6. The average Bonchev–Trinajstić information content (AvgIpc) is 2.85. The van der Waals surface area contributed by atoms with Crippen molar-refractivity contribution in [3.63, 3.8) is 0 Å². The Balaban J connectivity index is 1.91. The Hall–Kier alpha value is -1.82. The number of likely N-dealkylation sites (tertiary alicyclic amines) is 1. The second-order valence-electron chi connectivity index (χ2n) is 6.41. The summed E-state index contributed by atoms with van der Waals surface area (Å²) in [5.74, 6) is 0.0766. The monoisotopic (exact) mass is 310 g/mol. The van der Waals surface area contributed by atoms with Gasteiger partial charge < -0.3 is 20.1 Å². The number of carbonyl (C=O) groups excluding carboxylic acids is 1. The van der Waals surface area contributed by atoms with E-state index in [0.717, 1.165) is 0 Å². The summed E-state index contributed by atoms with van der Waals surface area (Å²) in [6, 6.07) is 4.64. The summed E-state index contributed by atoms with van der Waals surface area (Å²) in [6.07, 6.45) is 0.193. The molecule has 1 aliphatic rings. The van der Waals surface area contributed by atoms with Crippen molar-refractivity contribution < 1.29 is 18.7 Å². The molecule has 0 bridgehead atoms. The number of ether oxygens (including phenoxy) is 2. The van der Waals surface area contributed by atoms with Crippen molar-refractivity contribution >= 4 is 6.09 Å².